The zero-order chi connectivity index (χ0) is 11.5. The molecule has 1 fully saturated rings. The Kier molecular flexibility index (Phi) is 4.63. The Morgan fingerprint density at radius 2 is 2.33 bits per heavy atom. The fourth-order valence-corrected chi connectivity index (χ4v) is 2.13. The lowest BCUT2D eigenvalue weighted by Gasteiger charge is -2.47. The van der Waals surface area contributed by atoms with E-state index >= 15 is 0 Å². The molecule has 2 unspecified atom stereocenters. The molecule has 3 heteroatoms. The number of hydrogen-bond acceptors (Lipinski definition) is 2. The van der Waals surface area contributed by atoms with E-state index < -0.39 is 0 Å². The van der Waals surface area contributed by atoms with Crippen LogP contribution < -0.4 is 5.32 Å². The van der Waals surface area contributed by atoms with Crippen LogP contribution in [0, 0.1) is 0 Å². The molecule has 2 nitrogen and oxygen atoms in total. The summed E-state index contributed by atoms with van der Waals surface area (Å²) in [6, 6.07) is 0.577. The van der Waals surface area contributed by atoms with Gasteiger partial charge in [-0.25, -0.2) is 0 Å². The van der Waals surface area contributed by atoms with Crippen molar-refractivity contribution >= 4 is 11.6 Å². The Hall–Kier alpha value is -0.0500. The minimum atomic E-state index is 0.271. The van der Waals surface area contributed by atoms with Crippen LogP contribution in [0.2, 0.25) is 0 Å². The third kappa shape index (κ3) is 3.20. The molecule has 1 rings (SSSR count). The van der Waals surface area contributed by atoms with Gasteiger partial charge in [-0.15, -0.1) is 0 Å². The van der Waals surface area contributed by atoms with Gasteiger partial charge >= 0.3 is 0 Å². The Balaban J connectivity index is 2.70. The third-order valence-electron chi connectivity index (χ3n) is 3.48. The van der Waals surface area contributed by atoms with Gasteiger partial charge < -0.3 is 5.32 Å². The summed E-state index contributed by atoms with van der Waals surface area (Å²) in [6.07, 6.45) is 1.17. The molecule has 0 amide bonds. The minimum absolute atomic E-state index is 0.271. The maximum absolute atomic E-state index is 5.74. The highest BCUT2D eigenvalue weighted by molar-refractivity contribution is 6.25. The van der Waals surface area contributed by atoms with Gasteiger partial charge in [0.15, 0.2) is 0 Å². The van der Waals surface area contributed by atoms with Crippen molar-refractivity contribution in [3.63, 3.8) is 0 Å². The van der Waals surface area contributed by atoms with E-state index in [1.165, 1.54) is 12.0 Å². The SMILES string of the molecule is CCC1(C)CNC(C)CN1CC(C)=CCl. The van der Waals surface area contributed by atoms with Crippen molar-refractivity contribution in [1.82, 2.24) is 10.2 Å². The van der Waals surface area contributed by atoms with E-state index in [1.54, 1.807) is 5.54 Å². The number of halogens is 1. The van der Waals surface area contributed by atoms with Crippen LogP contribution in [0.5, 0.6) is 0 Å². The van der Waals surface area contributed by atoms with Crippen LogP contribution in [0.1, 0.15) is 34.1 Å². The van der Waals surface area contributed by atoms with Crippen molar-refractivity contribution in [1.29, 1.82) is 0 Å². The summed E-state index contributed by atoms with van der Waals surface area (Å²) in [7, 11) is 0. The average molecular weight is 231 g/mol. The van der Waals surface area contributed by atoms with E-state index in [2.05, 4.69) is 37.9 Å². The Bertz CT molecular complexity index is 240. The topological polar surface area (TPSA) is 15.3 Å². The molecule has 0 aromatic carbocycles. The van der Waals surface area contributed by atoms with Gasteiger partial charge in [-0.2, -0.15) is 0 Å². The predicted molar refractivity (Wildman–Crippen MR) is 67.3 cm³/mol. The highest BCUT2D eigenvalue weighted by atomic mass is 35.5. The molecule has 0 aromatic rings. The molecule has 0 aromatic heterocycles. The molecule has 1 heterocycles. The van der Waals surface area contributed by atoms with Gasteiger partial charge in [-0.1, -0.05) is 18.5 Å². The lowest BCUT2D eigenvalue weighted by molar-refractivity contribution is 0.0620. The number of piperazine rings is 1. The van der Waals surface area contributed by atoms with Crippen molar-refractivity contribution in [2.24, 2.45) is 0 Å². The van der Waals surface area contributed by atoms with Crippen LogP contribution in [-0.2, 0) is 0 Å². The summed E-state index contributed by atoms with van der Waals surface area (Å²) in [5.74, 6) is 0. The fourth-order valence-electron chi connectivity index (χ4n) is 2.06. The molecule has 1 saturated heterocycles. The molecule has 1 aliphatic heterocycles. The van der Waals surface area contributed by atoms with Gasteiger partial charge in [0, 0.05) is 36.8 Å². The second-order valence-corrected chi connectivity index (χ2v) is 5.19. The molecule has 0 radical (unpaired) electrons. The van der Waals surface area contributed by atoms with E-state index in [4.69, 9.17) is 11.6 Å². The summed E-state index contributed by atoms with van der Waals surface area (Å²) in [5.41, 5.74) is 3.21. The molecule has 0 bridgehead atoms. The maximum atomic E-state index is 5.74. The van der Waals surface area contributed by atoms with Crippen LogP contribution >= 0.6 is 11.6 Å². The monoisotopic (exact) mass is 230 g/mol. The lowest BCUT2D eigenvalue weighted by atomic mass is 9.92. The molecule has 0 saturated carbocycles. The largest absolute Gasteiger partial charge is 0.311 e. The lowest BCUT2D eigenvalue weighted by Crippen LogP contribution is -2.62. The van der Waals surface area contributed by atoms with Crippen molar-refractivity contribution in [3.05, 3.63) is 11.1 Å². The Morgan fingerprint density at radius 3 is 2.87 bits per heavy atom. The fraction of sp³-hybridized carbons (Fsp3) is 0.833. The molecular formula is C12H23ClN2. The Labute approximate surface area is 98.7 Å². The van der Waals surface area contributed by atoms with Gasteiger partial charge in [-0.05, 0) is 32.8 Å². The molecule has 1 aliphatic rings. The molecule has 0 aliphatic carbocycles. The normalized spacial score (nSPS) is 34.5. The van der Waals surface area contributed by atoms with Gasteiger partial charge in [0.05, 0.1) is 0 Å². The van der Waals surface area contributed by atoms with E-state index in [1.807, 2.05) is 0 Å². The second-order valence-electron chi connectivity index (χ2n) is 4.97. The third-order valence-corrected chi connectivity index (χ3v) is 3.85. The second kappa shape index (κ2) is 5.33. The maximum Gasteiger partial charge on any atom is 0.0307 e. The van der Waals surface area contributed by atoms with E-state index in [-0.39, 0.29) is 5.54 Å². The summed E-state index contributed by atoms with van der Waals surface area (Å²) in [4.78, 5) is 2.54. The quantitative estimate of drug-likeness (QED) is 0.802. The molecular weight excluding hydrogens is 208 g/mol. The summed E-state index contributed by atoms with van der Waals surface area (Å²) < 4.78 is 0. The predicted octanol–water partition coefficient (Wildman–Crippen LogP) is 2.59. The average Bonchev–Trinajstić information content (AvgIpc) is 2.23. The van der Waals surface area contributed by atoms with Crippen molar-refractivity contribution in [2.45, 2.75) is 45.7 Å². The highest BCUT2D eigenvalue weighted by Crippen LogP contribution is 2.23. The molecule has 88 valence electrons. The van der Waals surface area contributed by atoms with Gasteiger partial charge in [0.1, 0.15) is 0 Å². The standard InChI is InChI=1S/C12H23ClN2/c1-5-12(4)9-14-11(3)8-15(12)7-10(2)6-13/h6,11,14H,5,7-9H2,1-4H3. The summed E-state index contributed by atoms with van der Waals surface area (Å²) >= 11 is 5.74. The highest BCUT2D eigenvalue weighted by Gasteiger charge is 2.34. The van der Waals surface area contributed by atoms with Crippen molar-refractivity contribution in [3.8, 4) is 0 Å². The zero-order valence-electron chi connectivity index (χ0n) is 10.3. The molecule has 0 spiro atoms. The van der Waals surface area contributed by atoms with Gasteiger partial charge in [-0.3, -0.25) is 4.90 Å². The van der Waals surface area contributed by atoms with Gasteiger partial charge in [0.25, 0.3) is 0 Å². The number of nitrogens with one attached hydrogen (secondary N) is 1. The summed E-state index contributed by atoms with van der Waals surface area (Å²) in [5, 5.41) is 3.55. The molecule has 2 atom stereocenters. The Morgan fingerprint density at radius 1 is 1.67 bits per heavy atom. The first kappa shape index (κ1) is 13.0. The minimum Gasteiger partial charge on any atom is -0.311 e. The van der Waals surface area contributed by atoms with E-state index in [0.29, 0.717) is 6.04 Å². The van der Waals surface area contributed by atoms with Crippen molar-refractivity contribution in [2.75, 3.05) is 19.6 Å². The van der Waals surface area contributed by atoms with Crippen LogP contribution in [-0.4, -0.2) is 36.1 Å². The molecule has 15 heavy (non-hydrogen) atoms. The smallest absolute Gasteiger partial charge is 0.0307 e. The first-order valence-corrected chi connectivity index (χ1v) is 6.19. The van der Waals surface area contributed by atoms with E-state index in [9.17, 15) is 0 Å². The summed E-state index contributed by atoms with van der Waals surface area (Å²) in [6.45, 7) is 12.1. The zero-order valence-corrected chi connectivity index (χ0v) is 11.1. The van der Waals surface area contributed by atoms with Crippen LogP contribution in [0.4, 0.5) is 0 Å². The van der Waals surface area contributed by atoms with Crippen molar-refractivity contribution < 1.29 is 0 Å². The van der Waals surface area contributed by atoms with Crippen LogP contribution in [0.15, 0.2) is 11.1 Å². The van der Waals surface area contributed by atoms with Crippen LogP contribution in [0.3, 0.4) is 0 Å². The first-order chi connectivity index (χ1) is 7.01. The number of rotatable bonds is 3. The first-order valence-electron chi connectivity index (χ1n) is 5.76. The number of hydrogen-bond donors (Lipinski definition) is 1. The van der Waals surface area contributed by atoms with Crippen LogP contribution in [0.25, 0.3) is 0 Å². The number of nitrogens with zero attached hydrogens (tertiary/aromatic N) is 1. The van der Waals surface area contributed by atoms with Gasteiger partial charge in [0.2, 0.25) is 0 Å². The van der Waals surface area contributed by atoms with E-state index in [0.717, 1.165) is 19.6 Å². The molecule has 1 N–H and O–H groups in total.